The third kappa shape index (κ3) is 7.71. The second-order valence-electron chi connectivity index (χ2n) is 4.00. The van der Waals surface area contributed by atoms with E-state index in [-0.39, 0.29) is 25.7 Å². The topological polar surface area (TPSA) is 180 Å². The molecule has 0 aromatic rings. The van der Waals surface area contributed by atoms with Gasteiger partial charge in [-0.05, 0) is 6.42 Å². The van der Waals surface area contributed by atoms with Crippen molar-refractivity contribution in [3.63, 3.8) is 0 Å². The second-order valence-corrected chi connectivity index (χ2v) is 4.00. The summed E-state index contributed by atoms with van der Waals surface area (Å²) in [6.45, 7) is 0. The molecule has 0 aromatic carbocycles. The summed E-state index contributed by atoms with van der Waals surface area (Å²) in [5.74, 6) is -4.30. The van der Waals surface area contributed by atoms with E-state index in [1.54, 1.807) is 0 Å². The van der Waals surface area contributed by atoms with Gasteiger partial charge in [0, 0.05) is 19.3 Å². The Hall–Kier alpha value is -2.16. The average molecular weight is 274 g/mol. The fourth-order valence-corrected chi connectivity index (χ4v) is 1.23. The molecule has 9 heteroatoms. The number of carboxylic acid groups (broad SMARTS) is 2. The fourth-order valence-electron chi connectivity index (χ4n) is 1.23. The predicted molar refractivity (Wildman–Crippen MR) is 56.3 cm³/mol. The lowest BCUT2D eigenvalue weighted by Gasteiger charge is -2.19. The lowest BCUT2D eigenvalue weighted by molar-refractivity contribution is -0.438. The summed E-state index contributed by atoms with van der Waals surface area (Å²) >= 11 is 0. The Kier molecular flexibility index (Phi) is 7.12. The first kappa shape index (κ1) is 16.8. The highest BCUT2D eigenvalue weighted by Crippen LogP contribution is 1.99. The number of carboxylic acids is 2. The molecule has 0 aliphatic rings. The van der Waals surface area contributed by atoms with E-state index in [0.717, 1.165) is 0 Å². The van der Waals surface area contributed by atoms with Crippen LogP contribution in [0.15, 0.2) is 0 Å². The van der Waals surface area contributed by atoms with Crippen LogP contribution in [0.3, 0.4) is 0 Å². The molecule has 0 saturated carbocycles. The van der Waals surface area contributed by atoms with Gasteiger partial charge in [0.15, 0.2) is 0 Å². The number of hydrogen-bond acceptors (Lipinski definition) is 6. The number of aliphatic carboxylic acids is 2. The number of amides is 2. The first-order chi connectivity index (χ1) is 8.73. The number of primary amides is 1. The number of nitrogens with one attached hydrogen (secondary N) is 1. The maximum atomic E-state index is 11.4. The maximum Gasteiger partial charge on any atom is 0.220 e. The molecule has 0 fully saturated rings. The normalized spacial score (nSPS) is 13.3. The van der Waals surface area contributed by atoms with Gasteiger partial charge < -0.3 is 36.6 Å². The van der Waals surface area contributed by atoms with E-state index in [9.17, 15) is 29.4 Å². The van der Waals surface area contributed by atoms with E-state index in [1.807, 2.05) is 0 Å². The molecule has 0 saturated heterocycles. The minimum atomic E-state index is -1.54. The Morgan fingerprint density at radius 2 is 1.63 bits per heavy atom. The van der Waals surface area contributed by atoms with Gasteiger partial charge in [-0.15, -0.1) is 0 Å². The molecule has 19 heavy (non-hydrogen) atoms. The van der Waals surface area contributed by atoms with E-state index in [4.69, 9.17) is 5.73 Å². The maximum absolute atomic E-state index is 11.4. The summed E-state index contributed by atoms with van der Waals surface area (Å²) in [5, 5.41) is 23.2. The number of rotatable bonds is 9. The third-order valence-electron chi connectivity index (χ3n) is 2.35. The summed E-state index contributed by atoms with van der Waals surface area (Å²) < 4.78 is 0. The molecule has 108 valence electrons. The number of quaternary nitrogens is 1. The summed E-state index contributed by atoms with van der Waals surface area (Å²) in [6, 6.07) is -2.40. The van der Waals surface area contributed by atoms with Crippen LogP contribution in [0.25, 0.3) is 0 Å². The minimum absolute atomic E-state index is 0.0796. The van der Waals surface area contributed by atoms with Gasteiger partial charge in [-0.2, -0.15) is 0 Å². The second kappa shape index (κ2) is 8.03. The monoisotopic (exact) mass is 274 g/mol. The average Bonchev–Trinajstić information content (AvgIpc) is 2.30. The van der Waals surface area contributed by atoms with Crippen LogP contribution in [0.2, 0.25) is 0 Å². The van der Waals surface area contributed by atoms with Gasteiger partial charge in [0.2, 0.25) is 11.8 Å². The summed E-state index contributed by atoms with van der Waals surface area (Å²) in [5.41, 5.74) is 8.11. The number of carbonyl (C=O) groups is 4. The molecule has 0 aliphatic heterocycles. The van der Waals surface area contributed by atoms with E-state index in [2.05, 4.69) is 11.1 Å². The molecular formula is C10H16N3O6-. The van der Waals surface area contributed by atoms with E-state index >= 15 is 0 Å². The van der Waals surface area contributed by atoms with Gasteiger partial charge in [0.1, 0.15) is 6.04 Å². The van der Waals surface area contributed by atoms with Crippen LogP contribution < -0.4 is 27.0 Å². The van der Waals surface area contributed by atoms with Crippen LogP contribution in [-0.4, -0.2) is 35.8 Å². The Morgan fingerprint density at radius 3 is 2.05 bits per heavy atom. The highest BCUT2D eigenvalue weighted by Gasteiger charge is 2.16. The van der Waals surface area contributed by atoms with Crippen LogP contribution in [0.1, 0.15) is 25.7 Å². The Balaban J connectivity index is 4.20. The molecule has 6 N–H and O–H groups in total. The Bertz CT molecular complexity index is 370. The molecule has 0 spiro atoms. The zero-order chi connectivity index (χ0) is 15.0. The van der Waals surface area contributed by atoms with Crippen molar-refractivity contribution in [1.29, 1.82) is 0 Å². The van der Waals surface area contributed by atoms with Gasteiger partial charge in [0.25, 0.3) is 0 Å². The molecule has 9 nitrogen and oxygen atoms in total. The molecule has 0 radical (unpaired) electrons. The lowest BCUT2D eigenvalue weighted by atomic mass is 10.1. The van der Waals surface area contributed by atoms with Gasteiger partial charge in [-0.1, -0.05) is 0 Å². The number of carbonyl (C=O) groups excluding carboxylic acids is 4. The van der Waals surface area contributed by atoms with Crippen LogP contribution in [0, 0.1) is 0 Å². The smallest absolute Gasteiger partial charge is 0.220 e. The predicted octanol–water partition coefficient (Wildman–Crippen LogP) is -5.37. The minimum Gasteiger partial charge on any atom is -0.548 e. The third-order valence-corrected chi connectivity index (χ3v) is 2.35. The quantitative estimate of drug-likeness (QED) is 0.377. The van der Waals surface area contributed by atoms with Gasteiger partial charge in [0.05, 0.1) is 18.0 Å². The van der Waals surface area contributed by atoms with Crippen molar-refractivity contribution in [3.05, 3.63) is 0 Å². The van der Waals surface area contributed by atoms with Crippen molar-refractivity contribution in [3.8, 4) is 0 Å². The van der Waals surface area contributed by atoms with E-state index < -0.39 is 35.8 Å². The highest BCUT2D eigenvalue weighted by molar-refractivity contribution is 5.83. The standard InChI is InChI=1S/C10H17N3O6/c11-5(9(16)17)1-4-8(15)13-6(10(18)19)2-3-7(12)14/h5-6H,1-4,11H2,(H2,12,14)(H,13,15)(H,16,17)(H,18,19)/p-1/t5-,6-/m0/s1. The summed E-state index contributed by atoms with van der Waals surface area (Å²) in [4.78, 5) is 42.9. The molecule has 0 rings (SSSR count). The van der Waals surface area contributed by atoms with E-state index in [0.29, 0.717) is 0 Å². The van der Waals surface area contributed by atoms with Crippen molar-refractivity contribution in [2.75, 3.05) is 0 Å². The van der Waals surface area contributed by atoms with Crippen LogP contribution in [0.4, 0.5) is 0 Å². The molecule has 0 unspecified atom stereocenters. The van der Waals surface area contributed by atoms with Crippen molar-refractivity contribution >= 4 is 23.8 Å². The van der Waals surface area contributed by atoms with Crippen molar-refractivity contribution < 1.29 is 35.1 Å². The zero-order valence-electron chi connectivity index (χ0n) is 10.2. The SMILES string of the molecule is NC(=O)CC[C@H](NC(=O)CC[C@H]([NH3+])C(=O)[O-])C(=O)[O-]. The first-order valence-electron chi connectivity index (χ1n) is 5.56. The highest BCUT2D eigenvalue weighted by atomic mass is 16.4. The molecule has 0 aromatic heterocycles. The molecule has 0 heterocycles. The van der Waals surface area contributed by atoms with Gasteiger partial charge in [-0.25, -0.2) is 0 Å². The summed E-state index contributed by atoms with van der Waals surface area (Å²) in [7, 11) is 0. The van der Waals surface area contributed by atoms with Crippen LogP contribution in [-0.2, 0) is 19.2 Å². The molecule has 0 bridgehead atoms. The lowest BCUT2D eigenvalue weighted by Crippen LogP contribution is -2.68. The number of nitrogens with two attached hydrogens (primary N) is 1. The molecule has 0 aliphatic carbocycles. The van der Waals surface area contributed by atoms with Gasteiger partial charge >= 0.3 is 0 Å². The summed E-state index contributed by atoms with van der Waals surface area (Å²) in [6.07, 6.45) is -0.695. The zero-order valence-corrected chi connectivity index (χ0v) is 10.2. The van der Waals surface area contributed by atoms with Crippen LogP contribution in [0.5, 0.6) is 0 Å². The van der Waals surface area contributed by atoms with Crippen molar-refractivity contribution in [1.82, 2.24) is 5.32 Å². The molecular weight excluding hydrogens is 258 g/mol. The van der Waals surface area contributed by atoms with E-state index in [1.165, 1.54) is 0 Å². The van der Waals surface area contributed by atoms with Crippen molar-refractivity contribution in [2.24, 2.45) is 5.73 Å². The van der Waals surface area contributed by atoms with Crippen LogP contribution >= 0.6 is 0 Å². The Morgan fingerprint density at radius 1 is 1.05 bits per heavy atom. The fraction of sp³-hybridized carbons (Fsp3) is 0.600. The molecule has 2 amide bonds. The first-order valence-corrected chi connectivity index (χ1v) is 5.56. The van der Waals surface area contributed by atoms with Gasteiger partial charge in [-0.3, -0.25) is 9.59 Å². The molecule has 2 atom stereocenters. The largest absolute Gasteiger partial charge is 0.548 e. The van der Waals surface area contributed by atoms with Crippen molar-refractivity contribution in [2.45, 2.75) is 37.8 Å². The number of hydrogen-bond donors (Lipinski definition) is 3. The Labute approximate surface area is 108 Å².